The Kier molecular flexibility index (Phi) is 6.18. The lowest BCUT2D eigenvalue weighted by atomic mass is 9.98. The number of hydrogen-bond acceptors (Lipinski definition) is 3. The number of carbonyl (C=O) groups is 2. The lowest BCUT2D eigenvalue weighted by Gasteiger charge is -2.23. The first-order chi connectivity index (χ1) is 9.51. The van der Waals surface area contributed by atoms with Gasteiger partial charge in [-0.25, -0.2) is 4.79 Å². The second kappa shape index (κ2) is 7.65. The van der Waals surface area contributed by atoms with E-state index in [1.54, 1.807) is 31.2 Å². The number of nitrogens with one attached hydrogen (secondary N) is 1. The molecule has 0 aliphatic rings. The molecule has 2 N–H and O–H groups in total. The van der Waals surface area contributed by atoms with Crippen molar-refractivity contribution in [1.29, 1.82) is 0 Å². The van der Waals surface area contributed by atoms with Gasteiger partial charge in [0.05, 0.1) is 0 Å². The maximum atomic E-state index is 12.2. The summed E-state index contributed by atoms with van der Waals surface area (Å²) >= 11 is 0. The van der Waals surface area contributed by atoms with Crippen molar-refractivity contribution in [2.75, 3.05) is 7.11 Å². The fraction of sp³-hybridized carbons (Fsp3) is 0.467. The van der Waals surface area contributed by atoms with Crippen LogP contribution in [0.15, 0.2) is 30.3 Å². The van der Waals surface area contributed by atoms with Crippen LogP contribution in [0.3, 0.4) is 0 Å². The Morgan fingerprint density at radius 2 is 1.90 bits per heavy atom. The molecule has 5 heteroatoms. The number of aliphatic carboxylic acids is 1. The summed E-state index contributed by atoms with van der Waals surface area (Å²) in [5.41, 5.74) is 0.695. The van der Waals surface area contributed by atoms with E-state index in [0.717, 1.165) is 0 Å². The quantitative estimate of drug-likeness (QED) is 0.800. The molecule has 0 radical (unpaired) electrons. The van der Waals surface area contributed by atoms with Crippen LogP contribution in [0.25, 0.3) is 0 Å². The average Bonchev–Trinajstić information content (AvgIpc) is 2.45. The largest absolute Gasteiger partial charge is 0.480 e. The van der Waals surface area contributed by atoms with Gasteiger partial charge in [0.25, 0.3) is 5.91 Å². The fourth-order valence-corrected chi connectivity index (χ4v) is 1.93. The number of carbonyl (C=O) groups excluding carboxylic acids is 1. The highest BCUT2D eigenvalue weighted by Gasteiger charge is 2.29. The Labute approximate surface area is 118 Å². The van der Waals surface area contributed by atoms with E-state index < -0.39 is 24.0 Å². The van der Waals surface area contributed by atoms with E-state index in [4.69, 9.17) is 4.74 Å². The molecule has 0 saturated heterocycles. The second-order valence-electron chi connectivity index (χ2n) is 4.74. The predicted octanol–water partition coefficient (Wildman–Crippen LogP) is 1.99. The summed E-state index contributed by atoms with van der Waals surface area (Å²) in [7, 11) is 1.43. The summed E-state index contributed by atoms with van der Waals surface area (Å²) in [4.78, 5) is 23.4. The minimum atomic E-state index is -1.03. The van der Waals surface area contributed by atoms with Crippen molar-refractivity contribution in [1.82, 2.24) is 5.32 Å². The van der Waals surface area contributed by atoms with Gasteiger partial charge < -0.3 is 15.2 Å². The molecule has 0 saturated carbocycles. The maximum Gasteiger partial charge on any atom is 0.326 e. The van der Waals surface area contributed by atoms with E-state index in [1.807, 2.05) is 13.0 Å². The zero-order valence-corrected chi connectivity index (χ0v) is 12.0. The van der Waals surface area contributed by atoms with Crippen LogP contribution in [-0.4, -0.2) is 30.1 Å². The van der Waals surface area contributed by atoms with Crippen molar-refractivity contribution < 1.29 is 19.4 Å². The molecular weight excluding hydrogens is 258 g/mol. The minimum absolute atomic E-state index is 0.148. The molecule has 0 aliphatic heterocycles. The van der Waals surface area contributed by atoms with Gasteiger partial charge in [-0.2, -0.15) is 0 Å². The summed E-state index contributed by atoms with van der Waals surface area (Å²) in [6, 6.07) is 8.08. The highest BCUT2D eigenvalue weighted by Crippen LogP contribution is 2.17. The first-order valence-electron chi connectivity index (χ1n) is 6.62. The van der Waals surface area contributed by atoms with Gasteiger partial charge in [0.2, 0.25) is 0 Å². The van der Waals surface area contributed by atoms with Crippen LogP contribution < -0.4 is 5.32 Å². The lowest BCUT2D eigenvalue weighted by molar-refractivity contribution is -0.145. The standard InChI is InChI=1S/C15H21NO4/c1-4-10(2)12(15(18)19)16-14(17)13(20-3)11-8-6-5-7-9-11/h5-10,12-13H,4H2,1-3H3,(H,16,17)(H,18,19)/t10?,12-,13?/m0/s1. The number of hydrogen-bond donors (Lipinski definition) is 2. The molecule has 2 unspecified atom stereocenters. The van der Waals surface area contributed by atoms with Crippen LogP contribution in [0.1, 0.15) is 31.9 Å². The van der Waals surface area contributed by atoms with Crippen molar-refractivity contribution in [3.63, 3.8) is 0 Å². The number of carboxylic acid groups (broad SMARTS) is 1. The first kappa shape index (κ1) is 16.2. The van der Waals surface area contributed by atoms with Crippen LogP contribution in [0, 0.1) is 5.92 Å². The predicted molar refractivity (Wildman–Crippen MR) is 75.2 cm³/mol. The number of carboxylic acids is 1. The minimum Gasteiger partial charge on any atom is -0.480 e. The molecule has 3 atom stereocenters. The normalized spacial score (nSPS) is 15.2. The van der Waals surface area contributed by atoms with Gasteiger partial charge in [-0.3, -0.25) is 4.79 Å². The molecule has 1 amide bonds. The molecule has 0 bridgehead atoms. The van der Waals surface area contributed by atoms with E-state index in [2.05, 4.69) is 5.32 Å². The van der Waals surface area contributed by atoms with Gasteiger partial charge in [-0.05, 0) is 11.5 Å². The highest BCUT2D eigenvalue weighted by atomic mass is 16.5. The van der Waals surface area contributed by atoms with E-state index in [9.17, 15) is 14.7 Å². The smallest absolute Gasteiger partial charge is 0.326 e. The molecular formula is C15H21NO4. The molecule has 1 aromatic carbocycles. The Balaban J connectivity index is 2.84. The fourth-order valence-electron chi connectivity index (χ4n) is 1.93. The number of ether oxygens (including phenoxy) is 1. The number of methoxy groups -OCH3 is 1. The number of amides is 1. The van der Waals surface area contributed by atoms with Crippen molar-refractivity contribution >= 4 is 11.9 Å². The molecule has 0 aromatic heterocycles. The molecule has 0 aliphatic carbocycles. The first-order valence-corrected chi connectivity index (χ1v) is 6.62. The topological polar surface area (TPSA) is 75.6 Å². The van der Waals surface area contributed by atoms with Crippen molar-refractivity contribution in [2.24, 2.45) is 5.92 Å². The van der Waals surface area contributed by atoms with Crippen LogP contribution >= 0.6 is 0 Å². The van der Waals surface area contributed by atoms with Gasteiger partial charge in [-0.15, -0.1) is 0 Å². The maximum absolute atomic E-state index is 12.2. The SMILES string of the molecule is CCC(C)[C@H](NC(=O)C(OC)c1ccccc1)C(=O)O. The molecule has 1 rings (SSSR count). The third kappa shape index (κ3) is 4.06. The lowest BCUT2D eigenvalue weighted by Crippen LogP contribution is -2.47. The Bertz CT molecular complexity index is 446. The molecule has 1 aromatic rings. The van der Waals surface area contributed by atoms with Gasteiger partial charge >= 0.3 is 5.97 Å². The summed E-state index contributed by atoms with van der Waals surface area (Å²) in [5, 5.41) is 11.7. The molecule has 0 fully saturated rings. The van der Waals surface area contributed by atoms with Crippen LogP contribution in [0.5, 0.6) is 0 Å². The molecule has 20 heavy (non-hydrogen) atoms. The molecule has 110 valence electrons. The summed E-state index contributed by atoms with van der Waals surface area (Å²) in [6.07, 6.45) is -0.137. The van der Waals surface area contributed by atoms with E-state index in [-0.39, 0.29) is 5.92 Å². The van der Waals surface area contributed by atoms with Crippen molar-refractivity contribution in [2.45, 2.75) is 32.4 Å². The zero-order valence-electron chi connectivity index (χ0n) is 12.0. The van der Waals surface area contributed by atoms with E-state index in [1.165, 1.54) is 7.11 Å². The summed E-state index contributed by atoms with van der Waals surface area (Å²) in [6.45, 7) is 3.68. The third-order valence-electron chi connectivity index (χ3n) is 3.35. The van der Waals surface area contributed by atoms with Crippen LogP contribution in [0.4, 0.5) is 0 Å². The summed E-state index contributed by atoms with van der Waals surface area (Å²) < 4.78 is 5.19. The van der Waals surface area contributed by atoms with E-state index >= 15 is 0 Å². The Hall–Kier alpha value is -1.88. The molecule has 5 nitrogen and oxygen atoms in total. The Morgan fingerprint density at radius 1 is 1.30 bits per heavy atom. The molecule has 0 spiro atoms. The van der Waals surface area contributed by atoms with Crippen molar-refractivity contribution in [3.8, 4) is 0 Å². The monoisotopic (exact) mass is 279 g/mol. The Morgan fingerprint density at radius 3 is 2.35 bits per heavy atom. The van der Waals surface area contributed by atoms with Crippen LogP contribution in [0.2, 0.25) is 0 Å². The third-order valence-corrected chi connectivity index (χ3v) is 3.35. The average molecular weight is 279 g/mol. The van der Waals surface area contributed by atoms with Gasteiger partial charge in [0.1, 0.15) is 6.04 Å². The van der Waals surface area contributed by atoms with E-state index in [0.29, 0.717) is 12.0 Å². The number of benzene rings is 1. The van der Waals surface area contributed by atoms with Crippen LogP contribution in [-0.2, 0) is 14.3 Å². The van der Waals surface area contributed by atoms with Crippen molar-refractivity contribution in [3.05, 3.63) is 35.9 Å². The number of rotatable bonds is 7. The molecule has 0 heterocycles. The van der Waals surface area contributed by atoms with Gasteiger partial charge in [0.15, 0.2) is 6.10 Å². The second-order valence-corrected chi connectivity index (χ2v) is 4.74. The highest BCUT2D eigenvalue weighted by molar-refractivity contribution is 5.87. The van der Waals surface area contributed by atoms with Gasteiger partial charge in [0, 0.05) is 7.11 Å². The summed E-state index contributed by atoms with van der Waals surface area (Å²) in [5.74, 6) is -1.62. The van der Waals surface area contributed by atoms with Gasteiger partial charge in [-0.1, -0.05) is 50.6 Å². The zero-order chi connectivity index (χ0) is 15.1.